The van der Waals surface area contributed by atoms with Crippen LogP contribution in [0.5, 0.6) is 0 Å². The van der Waals surface area contributed by atoms with Crippen molar-refractivity contribution in [2.75, 3.05) is 53.9 Å². The zero-order valence-electron chi connectivity index (χ0n) is 23.4. The van der Waals surface area contributed by atoms with Crippen molar-refractivity contribution in [3.63, 3.8) is 0 Å². The van der Waals surface area contributed by atoms with Crippen LogP contribution >= 0.6 is 7.82 Å². The fourth-order valence-electron chi connectivity index (χ4n) is 4.24. The van der Waals surface area contributed by atoms with Crippen molar-refractivity contribution in [1.82, 2.24) is 0 Å². The monoisotopic (exact) mass is 658 g/mol. The third-order valence-electron chi connectivity index (χ3n) is 6.76. The van der Waals surface area contributed by atoms with Crippen LogP contribution < -0.4 is 0 Å². The summed E-state index contributed by atoms with van der Waals surface area (Å²) in [6.45, 7) is -4.49. The summed E-state index contributed by atoms with van der Waals surface area (Å²) in [6.07, 6.45) is -20.9. The highest BCUT2D eigenvalue weighted by Gasteiger charge is 2.50. The number of aliphatic hydroxyl groups excluding tert-OH is 10. The van der Waals surface area contributed by atoms with Crippen LogP contribution in [0.1, 0.15) is 0 Å². The van der Waals surface area contributed by atoms with Gasteiger partial charge in [-0.05, 0) is 0 Å². The van der Waals surface area contributed by atoms with Crippen LogP contribution in [0.15, 0.2) is 0 Å². The molecule has 2 heterocycles. The number of methoxy groups -OCH3 is 2. The molecule has 43 heavy (non-hydrogen) atoms. The fraction of sp³-hybridized carbons (Fsp3) is 1.00. The van der Waals surface area contributed by atoms with E-state index in [0.717, 1.165) is 7.11 Å². The average molecular weight is 659 g/mol. The first-order valence-electron chi connectivity index (χ1n) is 13.1. The predicted molar refractivity (Wildman–Crippen MR) is 135 cm³/mol. The van der Waals surface area contributed by atoms with Crippen molar-refractivity contribution in [2.24, 2.45) is 0 Å². The highest BCUT2D eigenvalue weighted by Crippen LogP contribution is 2.48. The van der Waals surface area contributed by atoms with Gasteiger partial charge >= 0.3 is 7.82 Å². The van der Waals surface area contributed by atoms with E-state index in [0.29, 0.717) is 0 Å². The van der Waals surface area contributed by atoms with Crippen LogP contribution in [0, 0.1) is 0 Å². The molecular weight excluding hydrogens is 615 g/mol. The zero-order valence-corrected chi connectivity index (χ0v) is 24.3. The second kappa shape index (κ2) is 18.0. The molecule has 0 saturated carbocycles. The molecule has 0 aromatic rings. The summed E-state index contributed by atoms with van der Waals surface area (Å²) in [5.74, 6) is 0. The molecule has 2 aliphatic heterocycles. The van der Waals surface area contributed by atoms with Gasteiger partial charge in [0, 0.05) is 14.2 Å². The van der Waals surface area contributed by atoms with Gasteiger partial charge in [-0.3, -0.25) is 9.05 Å². The Morgan fingerprint density at radius 1 is 0.698 bits per heavy atom. The molecule has 2 aliphatic rings. The molecule has 0 bridgehead atoms. The minimum atomic E-state index is -5.08. The Hall–Kier alpha value is -0.530. The Balaban J connectivity index is 1.89. The lowest BCUT2D eigenvalue weighted by atomic mass is 10.1. The molecule has 11 unspecified atom stereocenters. The van der Waals surface area contributed by atoms with E-state index in [1.165, 1.54) is 7.11 Å². The first-order valence-corrected chi connectivity index (χ1v) is 14.6. The predicted octanol–water partition coefficient (Wildman–Crippen LogP) is -6.50. The van der Waals surface area contributed by atoms with Crippen LogP contribution in [0.4, 0.5) is 0 Å². The molecule has 0 radical (unpaired) electrons. The summed E-state index contributed by atoms with van der Waals surface area (Å²) >= 11 is 0. The molecule has 2 rings (SSSR count). The van der Waals surface area contributed by atoms with Gasteiger partial charge in [-0.25, -0.2) is 4.57 Å². The SMILES string of the molecule is COC1C(O)[C@@H](CO)O[C@H]1OCC(O)C(O)C(O)COP(=O)(O)OC1C(OC)[C@H](OCC(O)C(O)C(O)CO)O[C@@H]1CO. The third-order valence-corrected chi connectivity index (χ3v) is 7.74. The lowest BCUT2D eigenvalue weighted by molar-refractivity contribution is -0.198. The maximum absolute atomic E-state index is 12.6. The van der Waals surface area contributed by atoms with Crippen LogP contribution in [-0.4, -0.2) is 196 Å². The number of phosphoric ester groups is 1. The van der Waals surface area contributed by atoms with Crippen molar-refractivity contribution in [1.29, 1.82) is 0 Å². The maximum Gasteiger partial charge on any atom is 0.472 e. The summed E-state index contributed by atoms with van der Waals surface area (Å²) in [7, 11) is -2.68. The minimum Gasteiger partial charge on any atom is -0.394 e. The van der Waals surface area contributed by atoms with Crippen LogP contribution in [0.2, 0.25) is 0 Å². The van der Waals surface area contributed by atoms with E-state index in [9.17, 15) is 55.4 Å². The summed E-state index contributed by atoms with van der Waals surface area (Å²) in [5, 5.41) is 97.5. The molecular formula is C22H43O20P. The molecule has 20 nitrogen and oxygen atoms in total. The topological polar surface area (TPSA) is 313 Å². The highest BCUT2D eigenvalue weighted by atomic mass is 31.2. The van der Waals surface area contributed by atoms with E-state index >= 15 is 0 Å². The fourth-order valence-corrected chi connectivity index (χ4v) is 5.21. The number of hydrogen-bond donors (Lipinski definition) is 11. The van der Waals surface area contributed by atoms with E-state index in [2.05, 4.69) is 0 Å². The van der Waals surface area contributed by atoms with E-state index in [-0.39, 0.29) is 0 Å². The van der Waals surface area contributed by atoms with Crippen molar-refractivity contribution < 1.29 is 98.0 Å². The molecule has 0 spiro atoms. The number of hydrogen-bond acceptors (Lipinski definition) is 19. The molecule has 256 valence electrons. The molecule has 15 atom stereocenters. The summed E-state index contributed by atoms with van der Waals surface area (Å²) in [4.78, 5) is 10.2. The first-order chi connectivity index (χ1) is 20.2. The minimum absolute atomic E-state index is 0.542. The quantitative estimate of drug-likeness (QED) is 0.0542. The smallest absolute Gasteiger partial charge is 0.394 e. The Morgan fingerprint density at radius 3 is 1.65 bits per heavy atom. The molecule has 11 N–H and O–H groups in total. The van der Waals surface area contributed by atoms with Crippen molar-refractivity contribution in [3.8, 4) is 0 Å². The molecule has 0 amide bonds. The molecule has 21 heteroatoms. The Morgan fingerprint density at radius 2 is 1.16 bits per heavy atom. The molecule has 0 aromatic heterocycles. The average Bonchev–Trinajstić information content (AvgIpc) is 3.50. The molecule has 2 saturated heterocycles. The van der Waals surface area contributed by atoms with Gasteiger partial charge in [0.1, 0.15) is 73.2 Å². The molecule has 0 aromatic carbocycles. The first kappa shape index (κ1) is 38.7. The van der Waals surface area contributed by atoms with Gasteiger partial charge < -0.3 is 84.4 Å². The van der Waals surface area contributed by atoms with E-state index < -0.39 is 133 Å². The van der Waals surface area contributed by atoms with Crippen LogP contribution in [-0.2, 0) is 42.0 Å². The molecule has 2 fully saturated rings. The van der Waals surface area contributed by atoms with E-state index in [1.807, 2.05) is 0 Å². The number of aliphatic hydroxyl groups is 10. The third kappa shape index (κ3) is 10.5. The normalized spacial score (nSPS) is 35.3. The second-order valence-corrected chi connectivity index (χ2v) is 11.2. The number of phosphoric acid groups is 1. The van der Waals surface area contributed by atoms with Gasteiger partial charge in [0.15, 0.2) is 12.6 Å². The standard InChI is InChI=1S/C22H43O20P/c1-35-19-17(32)13(4-24)40-21(19)37-7-11(28)16(31)12(29)8-39-43(33,34)42-18-14(5-25)41-22(20(18)36-2)38-6-10(27)15(30)9(26)3-23/h9-32H,3-8H2,1-2H3,(H,33,34)/t9?,10?,11?,12?,13-,14-,15?,16?,17?,18?,19?,20?,21-,22-/m1/s1. The highest BCUT2D eigenvalue weighted by molar-refractivity contribution is 7.47. The van der Waals surface area contributed by atoms with Crippen molar-refractivity contribution >= 4 is 7.82 Å². The number of rotatable bonds is 20. The van der Waals surface area contributed by atoms with Gasteiger partial charge in [0.2, 0.25) is 0 Å². The summed E-state index contributed by atoms with van der Waals surface area (Å²) < 4.78 is 53.9. The van der Waals surface area contributed by atoms with E-state index in [4.69, 9.17) is 42.6 Å². The van der Waals surface area contributed by atoms with E-state index in [1.54, 1.807) is 0 Å². The molecule has 0 aliphatic carbocycles. The van der Waals surface area contributed by atoms with Crippen LogP contribution in [0.3, 0.4) is 0 Å². The zero-order chi connectivity index (χ0) is 32.5. The Labute approximate surface area is 246 Å². The lowest BCUT2D eigenvalue weighted by Gasteiger charge is -2.27. The van der Waals surface area contributed by atoms with Gasteiger partial charge in [-0.2, -0.15) is 0 Å². The van der Waals surface area contributed by atoms with Crippen LogP contribution in [0.25, 0.3) is 0 Å². The maximum atomic E-state index is 12.6. The second-order valence-electron chi connectivity index (χ2n) is 9.78. The number of ether oxygens (including phenoxy) is 6. The largest absolute Gasteiger partial charge is 0.472 e. The Kier molecular flexibility index (Phi) is 16.2. The lowest BCUT2D eigenvalue weighted by Crippen LogP contribution is -2.44. The van der Waals surface area contributed by atoms with Gasteiger partial charge in [-0.1, -0.05) is 0 Å². The van der Waals surface area contributed by atoms with Gasteiger partial charge in [0.25, 0.3) is 0 Å². The van der Waals surface area contributed by atoms with Crippen molar-refractivity contribution in [3.05, 3.63) is 0 Å². The van der Waals surface area contributed by atoms with Gasteiger partial charge in [0.05, 0.1) is 39.6 Å². The summed E-state index contributed by atoms with van der Waals surface area (Å²) in [6, 6.07) is 0. The van der Waals surface area contributed by atoms with Crippen molar-refractivity contribution in [2.45, 2.75) is 85.8 Å². The van der Waals surface area contributed by atoms with Gasteiger partial charge in [-0.15, -0.1) is 0 Å². The summed E-state index contributed by atoms with van der Waals surface area (Å²) in [5.41, 5.74) is 0. The Bertz CT molecular complexity index is 841.